The summed E-state index contributed by atoms with van der Waals surface area (Å²) in [7, 11) is -2.36. The van der Waals surface area contributed by atoms with E-state index in [1.54, 1.807) is 24.3 Å². The predicted molar refractivity (Wildman–Crippen MR) is 91.6 cm³/mol. The highest BCUT2D eigenvalue weighted by Gasteiger charge is 2.19. The van der Waals surface area contributed by atoms with Crippen molar-refractivity contribution < 1.29 is 17.5 Å². The molecule has 0 radical (unpaired) electrons. The van der Waals surface area contributed by atoms with Crippen LogP contribution in [0.5, 0.6) is 5.75 Å². The second-order valence-corrected chi connectivity index (χ2v) is 7.32. The van der Waals surface area contributed by atoms with Crippen LogP contribution in [0.25, 0.3) is 0 Å². The van der Waals surface area contributed by atoms with E-state index in [9.17, 15) is 12.8 Å². The zero-order valence-electron chi connectivity index (χ0n) is 13.3. The first-order chi connectivity index (χ1) is 11.5. The van der Waals surface area contributed by atoms with Crippen molar-refractivity contribution in [2.45, 2.75) is 17.7 Å². The van der Waals surface area contributed by atoms with E-state index in [2.05, 4.69) is 9.62 Å². The summed E-state index contributed by atoms with van der Waals surface area (Å²) >= 11 is 0. The highest BCUT2D eigenvalue weighted by atomic mass is 32.2. The molecule has 1 saturated heterocycles. The molecule has 0 amide bonds. The van der Waals surface area contributed by atoms with Crippen molar-refractivity contribution in [3.8, 4) is 5.75 Å². The predicted octanol–water partition coefficient (Wildman–Crippen LogP) is 3.24. The molecule has 2 aromatic carbocycles. The molecule has 0 bridgehead atoms. The minimum atomic E-state index is -3.87. The van der Waals surface area contributed by atoms with Gasteiger partial charge in [0.15, 0.2) is 0 Å². The molecule has 0 aromatic heterocycles. The lowest BCUT2D eigenvalue weighted by Gasteiger charge is -2.19. The Morgan fingerprint density at radius 1 is 1.08 bits per heavy atom. The van der Waals surface area contributed by atoms with Crippen molar-refractivity contribution in [3.63, 3.8) is 0 Å². The van der Waals surface area contributed by atoms with E-state index in [0.717, 1.165) is 31.6 Å². The number of rotatable bonds is 5. The fraction of sp³-hybridized carbons (Fsp3) is 0.294. The second-order valence-electron chi connectivity index (χ2n) is 5.64. The van der Waals surface area contributed by atoms with E-state index in [1.807, 2.05) is 0 Å². The Kier molecular flexibility index (Phi) is 4.62. The molecule has 1 fully saturated rings. The maximum Gasteiger partial charge on any atom is 0.261 e. The van der Waals surface area contributed by atoms with Gasteiger partial charge in [0, 0.05) is 18.8 Å². The van der Waals surface area contributed by atoms with E-state index in [0.29, 0.717) is 5.75 Å². The summed E-state index contributed by atoms with van der Waals surface area (Å²) in [6.07, 6.45) is 2.18. The third-order valence-corrected chi connectivity index (χ3v) is 5.42. The standard InChI is InChI=1S/C17H19FN2O3S/c1-23-14-5-7-15(8-6-14)24(21,22)19-17-12-13(4-9-16(17)18)20-10-2-3-11-20/h4-9,12,19H,2-3,10-11H2,1H3. The summed E-state index contributed by atoms with van der Waals surface area (Å²) in [5.74, 6) is -0.0498. The molecule has 2 aromatic rings. The first kappa shape index (κ1) is 16.6. The van der Waals surface area contributed by atoms with Crippen molar-refractivity contribution in [2.75, 3.05) is 29.8 Å². The number of benzene rings is 2. The Hall–Kier alpha value is -2.28. The summed E-state index contributed by atoms with van der Waals surface area (Å²) in [5, 5.41) is 0. The molecule has 24 heavy (non-hydrogen) atoms. The van der Waals surface area contributed by atoms with Gasteiger partial charge in [0.05, 0.1) is 17.7 Å². The molecule has 5 nitrogen and oxygen atoms in total. The lowest BCUT2D eigenvalue weighted by Crippen LogP contribution is -2.19. The number of halogens is 1. The highest BCUT2D eigenvalue weighted by molar-refractivity contribution is 7.92. The fourth-order valence-electron chi connectivity index (χ4n) is 2.72. The monoisotopic (exact) mass is 350 g/mol. The zero-order chi connectivity index (χ0) is 17.2. The van der Waals surface area contributed by atoms with Gasteiger partial charge in [-0.15, -0.1) is 0 Å². The SMILES string of the molecule is COc1ccc(S(=O)(=O)Nc2cc(N3CCCC3)ccc2F)cc1. The van der Waals surface area contributed by atoms with Gasteiger partial charge in [-0.1, -0.05) is 0 Å². The van der Waals surface area contributed by atoms with Crippen molar-refractivity contribution in [3.05, 3.63) is 48.3 Å². The van der Waals surface area contributed by atoms with Crippen molar-refractivity contribution in [1.29, 1.82) is 0 Å². The molecule has 1 heterocycles. The van der Waals surface area contributed by atoms with Gasteiger partial charge in [-0.25, -0.2) is 12.8 Å². The van der Waals surface area contributed by atoms with Gasteiger partial charge in [-0.3, -0.25) is 4.72 Å². The van der Waals surface area contributed by atoms with Gasteiger partial charge in [0.2, 0.25) is 0 Å². The zero-order valence-corrected chi connectivity index (χ0v) is 14.1. The summed E-state index contributed by atoms with van der Waals surface area (Å²) < 4.78 is 46.3. The molecule has 0 spiro atoms. The van der Waals surface area contributed by atoms with E-state index in [-0.39, 0.29) is 10.6 Å². The van der Waals surface area contributed by atoms with E-state index < -0.39 is 15.8 Å². The minimum absolute atomic E-state index is 0.0461. The van der Waals surface area contributed by atoms with Crippen LogP contribution in [0.3, 0.4) is 0 Å². The molecule has 0 aliphatic carbocycles. The van der Waals surface area contributed by atoms with Crippen LogP contribution in [0.2, 0.25) is 0 Å². The smallest absolute Gasteiger partial charge is 0.261 e. The molecule has 0 atom stereocenters. The van der Waals surface area contributed by atoms with Gasteiger partial charge in [0.25, 0.3) is 10.0 Å². The molecule has 0 unspecified atom stereocenters. The maximum atomic E-state index is 14.1. The Morgan fingerprint density at radius 3 is 2.38 bits per heavy atom. The minimum Gasteiger partial charge on any atom is -0.497 e. The number of nitrogens with zero attached hydrogens (tertiary/aromatic N) is 1. The number of hydrogen-bond donors (Lipinski definition) is 1. The molecule has 3 rings (SSSR count). The van der Waals surface area contributed by atoms with E-state index >= 15 is 0 Å². The average Bonchev–Trinajstić information content (AvgIpc) is 3.11. The van der Waals surface area contributed by atoms with Gasteiger partial charge < -0.3 is 9.64 Å². The number of hydrogen-bond acceptors (Lipinski definition) is 4. The molecule has 1 N–H and O–H groups in total. The van der Waals surface area contributed by atoms with Gasteiger partial charge in [-0.2, -0.15) is 0 Å². The van der Waals surface area contributed by atoms with Crippen LogP contribution >= 0.6 is 0 Å². The molecule has 0 saturated carbocycles. The third-order valence-electron chi connectivity index (χ3n) is 4.04. The van der Waals surface area contributed by atoms with Crippen LogP contribution < -0.4 is 14.4 Å². The first-order valence-electron chi connectivity index (χ1n) is 7.71. The summed E-state index contributed by atoms with van der Waals surface area (Å²) in [5.41, 5.74) is 0.775. The van der Waals surface area contributed by atoms with Crippen LogP contribution in [-0.2, 0) is 10.0 Å². The Labute approximate surface area is 141 Å². The van der Waals surface area contributed by atoms with E-state index in [1.165, 1.54) is 25.3 Å². The summed E-state index contributed by atoms with van der Waals surface area (Å²) in [6.45, 7) is 1.80. The largest absolute Gasteiger partial charge is 0.497 e. The molecular weight excluding hydrogens is 331 g/mol. The number of methoxy groups -OCH3 is 1. The van der Waals surface area contributed by atoms with Crippen molar-refractivity contribution in [1.82, 2.24) is 0 Å². The molecule has 1 aliphatic heterocycles. The third kappa shape index (κ3) is 3.46. The molecule has 128 valence electrons. The van der Waals surface area contributed by atoms with Crippen LogP contribution in [0.4, 0.5) is 15.8 Å². The van der Waals surface area contributed by atoms with Crippen molar-refractivity contribution >= 4 is 21.4 Å². The van der Waals surface area contributed by atoms with E-state index in [4.69, 9.17) is 4.74 Å². The van der Waals surface area contributed by atoms with Crippen LogP contribution in [0.15, 0.2) is 47.4 Å². The lowest BCUT2D eigenvalue weighted by atomic mass is 10.2. The lowest BCUT2D eigenvalue weighted by molar-refractivity contribution is 0.414. The fourth-order valence-corrected chi connectivity index (χ4v) is 3.78. The number of nitrogens with one attached hydrogen (secondary N) is 1. The normalized spacial score (nSPS) is 14.7. The molecule has 1 aliphatic rings. The van der Waals surface area contributed by atoms with Crippen LogP contribution in [-0.4, -0.2) is 28.6 Å². The topological polar surface area (TPSA) is 58.6 Å². The number of sulfonamides is 1. The Bertz CT molecular complexity index is 816. The van der Waals surface area contributed by atoms with Gasteiger partial charge in [-0.05, 0) is 55.3 Å². The van der Waals surface area contributed by atoms with Gasteiger partial charge >= 0.3 is 0 Å². The maximum absolute atomic E-state index is 14.1. The first-order valence-corrected chi connectivity index (χ1v) is 9.19. The number of anilines is 2. The number of ether oxygens (including phenoxy) is 1. The average molecular weight is 350 g/mol. The van der Waals surface area contributed by atoms with Crippen molar-refractivity contribution in [2.24, 2.45) is 0 Å². The van der Waals surface area contributed by atoms with Gasteiger partial charge in [0.1, 0.15) is 11.6 Å². The second kappa shape index (κ2) is 6.68. The highest BCUT2D eigenvalue weighted by Crippen LogP contribution is 2.27. The Balaban J connectivity index is 1.86. The molecule has 7 heteroatoms. The summed E-state index contributed by atoms with van der Waals surface area (Å²) in [4.78, 5) is 2.17. The molecular formula is C17H19FN2O3S. The van der Waals surface area contributed by atoms with Crippen LogP contribution in [0.1, 0.15) is 12.8 Å². The quantitative estimate of drug-likeness (QED) is 0.899. The summed E-state index contributed by atoms with van der Waals surface area (Å²) in [6, 6.07) is 10.4. The van der Waals surface area contributed by atoms with Crippen LogP contribution in [0, 0.1) is 5.82 Å². The Morgan fingerprint density at radius 2 is 1.75 bits per heavy atom.